The molecular formula is C15H22ClFN2O2. The summed E-state index contributed by atoms with van der Waals surface area (Å²) in [4.78, 5) is 12.1. The Morgan fingerprint density at radius 3 is 2.86 bits per heavy atom. The van der Waals surface area contributed by atoms with Gasteiger partial charge in [0.2, 0.25) is 5.91 Å². The molecule has 1 aliphatic rings. The van der Waals surface area contributed by atoms with Crippen molar-refractivity contribution in [2.75, 3.05) is 13.7 Å². The lowest BCUT2D eigenvalue weighted by Gasteiger charge is -2.17. The molecule has 6 heteroatoms. The van der Waals surface area contributed by atoms with E-state index in [1.807, 2.05) is 0 Å². The fourth-order valence-corrected chi connectivity index (χ4v) is 2.80. The van der Waals surface area contributed by atoms with Crippen LogP contribution in [-0.4, -0.2) is 19.6 Å². The smallest absolute Gasteiger partial charge is 0.223 e. The van der Waals surface area contributed by atoms with E-state index in [2.05, 4.69) is 5.32 Å². The third-order valence-electron chi connectivity index (χ3n) is 3.98. The summed E-state index contributed by atoms with van der Waals surface area (Å²) in [6.45, 7) is 0.878. The van der Waals surface area contributed by atoms with Gasteiger partial charge in [-0.1, -0.05) is 12.5 Å². The first-order chi connectivity index (χ1) is 9.65. The maximum atomic E-state index is 13.5. The molecule has 0 heterocycles. The molecule has 21 heavy (non-hydrogen) atoms. The lowest BCUT2D eigenvalue weighted by molar-refractivity contribution is -0.126. The maximum Gasteiger partial charge on any atom is 0.223 e. The predicted molar refractivity (Wildman–Crippen MR) is 81.9 cm³/mol. The number of benzene rings is 1. The van der Waals surface area contributed by atoms with Crippen LogP contribution in [0.15, 0.2) is 18.2 Å². The molecule has 0 bridgehead atoms. The molecule has 2 atom stereocenters. The Labute approximate surface area is 130 Å². The standard InChI is InChI=1S/C15H21FN2O2.ClH/c1-20-14-6-5-10(7-13(14)16)9-18-15(19)12-4-2-3-11(12)8-17;/h5-7,11-12H,2-4,8-9,17H2,1H3,(H,18,19);1H/t11-,12-;/m1./s1. The highest BCUT2D eigenvalue weighted by molar-refractivity contribution is 5.85. The number of carbonyl (C=O) groups is 1. The number of hydrogen-bond donors (Lipinski definition) is 2. The average molecular weight is 317 g/mol. The third kappa shape index (κ3) is 4.32. The molecule has 118 valence electrons. The van der Waals surface area contributed by atoms with Crippen LogP contribution in [-0.2, 0) is 11.3 Å². The molecule has 0 aliphatic heterocycles. The van der Waals surface area contributed by atoms with Crippen molar-refractivity contribution in [2.24, 2.45) is 17.6 Å². The number of nitrogens with two attached hydrogens (primary N) is 1. The van der Waals surface area contributed by atoms with Crippen molar-refractivity contribution in [3.63, 3.8) is 0 Å². The zero-order valence-electron chi connectivity index (χ0n) is 12.1. The van der Waals surface area contributed by atoms with Gasteiger partial charge in [-0.05, 0) is 43.0 Å². The number of rotatable bonds is 5. The SMILES string of the molecule is COc1ccc(CNC(=O)[C@@H]2CCC[C@@H]2CN)cc1F.Cl. The molecule has 4 nitrogen and oxygen atoms in total. The topological polar surface area (TPSA) is 64.3 Å². The van der Waals surface area contributed by atoms with E-state index in [1.54, 1.807) is 12.1 Å². The zero-order valence-corrected chi connectivity index (χ0v) is 12.9. The highest BCUT2D eigenvalue weighted by Gasteiger charge is 2.31. The molecule has 1 amide bonds. The average Bonchev–Trinajstić information content (AvgIpc) is 2.93. The van der Waals surface area contributed by atoms with Crippen LogP contribution in [0.1, 0.15) is 24.8 Å². The van der Waals surface area contributed by atoms with E-state index < -0.39 is 5.82 Å². The summed E-state index contributed by atoms with van der Waals surface area (Å²) >= 11 is 0. The molecule has 1 aromatic rings. The summed E-state index contributed by atoms with van der Waals surface area (Å²) in [7, 11) is 1.42. The predicted octanol–water partition coefficient (Wildman–Crippen LogP) is 2.25. The van der Waals surface area contributed by atoms with E-state index in [9.17, 15) is 9.18 Å². The Kier molecular flexibility index (Phi) is 6.92. The van der Waals surface area contributed by atoms with Crippen LogP contribution in [0.25, 0.3) is 0 Å². The third-order valence-corrected chi connectivity index (χ3v) is 3.98. The molecule has 2 rings (SSSR count). The monoisotopic (exact) mass is 316 g/mol. The second-order valence-corrected chi connectivity index (χ2v) is 5.22. The van der Waals surface area contributed by atoms with Crippen LogP contribution in [0.5, 0.6) is 5.75 Å². The Hall–Kier alpha value is -1.33. The van der Waals surface area contributed by atoms with Crippen molar-refractivity contribution in [3.8, 4) is 5.75 Å². The van der Waals surface area contributed by atoms with Crippen LogP contribution in [0.2, 0.25) is 0 Å². The van der Waals surface area contributed by atoms with E-state index in [1.165, 1.54) is 13.2 Å². The van der Waals surface area contributed by atoms with Gasteiger partial charge in [0.1, 0.15) is 0 Å². The van der Waals surface area contributed by atoms with Crippen LogP contribution in [0.4, 0.5) is 4.39 Å². The lowest BCUT2D eigenvalue weighted by Crippen LogP contribution is -2.34. The van der Waals surface area contributed by atoms with E-state index in [-0.39, 0.29) is 35.9 Å². The van der Waals surface area contributed by atoms with Crippen LogP contribution >= 0.6 is 12.4 Å². The van der Waals surface area contributed by atoms with Crippen LogP contribution in [0, 0.1) is 17.7 Å². The van der Waals surface area contributed by atoms with Gasteiger partial charge in [0, 0.05) is 12.5 Å². The fraction of sp³-hybridized carbons (Fsp3) is 0.533. The van der Waals surface area contributed by atoms with Gasteiger partial charge < -0.3 is 15.8 Å². The van der Waals surface area contributed by atoms with Gasteiger partial charge in [0.15, 0.2) is 11.6 Å². The van der Waals surface area contributed by atoms with Crippen molar-refractivity contribution >= 4 is 18.3 Å². The summed E-state index contributed by atoms with van der Waals surface area (Å²) < 4.78 is 18.4. The van der Waals surface area contributed by atoms with E-state index >= 15 is 0 Å². The van der Waals surface area contributed by atoms with Crippen molar-refractivity contribution in [1.82, 2.24) is 5.32 Å². The van der Waals surface area contributed by atoms with Crippen molar-refractivity contribution in [2.45, 2.75) is 25.8 Å². The van der Waals surface area contributed by atoms with Gasteiger partial charge in [-0.25, -0.2) is 4.39 Å². The second kappa shape index (κ2) is 8.20. The number of nitrogens with one attached hydrogen (secondary N) is 1. The quantitative estimate of drug-likeness (QED) is 0.875. The second-order valence-electron chi connectivity index (χ2n) is 5.22. The van der Waals surface area contributed by atoms with Gasteiger partial charge >= 0.3 is 0 Å². The van der Waals surface area contributed by atoms with Gasteiger partial charge in [0.25, 0.3) is 0 Å². The Bertz CT molecular complexity index is 485. The molecule has 0 saturated heterocycles. The number of methoxy groups -OCH3 is 1. The Balaban J connectivity index is 0.00000220. The molecule has 0 spiro atoms. The summed E-state index contributed by atoms with van der Waals surface area (Å²) in [6, 6.07) is 4.69. The van der Waals surface area contributed by atoms with Gasteiger partial charge in [-0.15, -0.1) is 12.4 Å². The molecule has 0 unspecified atom stereocenters. The molecule has 0 aromatic heterocycles. The summed E-state index contributed by atoms with van der Waals surface area (Å²) in [5.74, 6) is 0.0962. The largest absolute Gasteiger partial charge is 0.494 e. The molecule has 1 aliphatic carbocycles. The zero-order chi connectivity index (χ0) is 14.5. The van der Waals surface area contributed by atoms with Gasteiger partial charge in [-0.2, -0.15) is 0 Å². The number of carbonyl (C=O) groups excluding carboxylic acids is 1. The van der Waals surface area contributed by atoms with E-state index in [4.69, 9.17) is 10.5 Å². The number of ether oxygens (including phenoxy) is 1. The molecule has 3 N–H and O–H groups in total. The highest BCUT2D eigenvalue weighted by Crippen LogP contribution is 2.31. The molecular weight excluding hydrogens is 295 g/mol. The molecule has 1 saturated carbocycles. The lowest BCUT2D eigenvalue weighted by atomic mass is 9.95. The van der Waals surface area contributed by atoms with Gasteiger partial charge in [-0.3, -0.25) is 4.79 Å². The number of amides is 1. The van der Waals surface area contributed by atoms with Crippen molar-refractivity contribution in [3.05, 3.63) is 29.6 Å². The Morgan fingerprint density at radius 1 is 1.48 bits per heavy atom. The summed E-state index contributed by atoms with van der Waals surface area (Å²) in [5.41, 5.74) is 6.40. The fourth-order valence-electron chi connectivity index (χ4n) is 2.80. The van der Waals surface area contributed by atoms with Crippen molar-refractivity contribution < 1.29 is 13.9 Å². The minimum Gasteiger partial charge on any atom is -0.494 e. The normalized spacial score (nSPS) is 20.7. The van der Waals surface area contributed by atoms with Crippen molar-refractivity contribution in [1.29, 1.82) is 0 Å². The Morgan fingerprint density at radius 2 is 2.24 bits per heavy atom. The summed E-state index contributed by atoms with van der Waals surface area (Å²) in [5, 5.41) is 2.87. The van der Waals surface area contributed by atoms with E-state index in [0.29, 0.717) is 13.1 Å². The first kappa shape index (κ1) is 17.7. The highest BCUT2D eigenvalue weighted by atomic mass is 35.5. The molecule has 1 aromatic carbocycles. The van der Waals surface area contributed by atoms with E-state index in [0.717, 1.165) is 24.8 Å². The maximum absolute atomic E-state index is 13.5. The molecule has 1 fully saturated rings. The first-order valence-corrected chi connectivity index (χ1v) is 6.96. The minimum absolute atomic E-state index is 0. The van der Waals surface area contributed by atoms with Crippen LogP contribution in [0.3, 0.4) is 0 Å². The van der Waals surface area contributed by atoms with Crippen LogP contribution < -0.4 is 15.8 Å². The molecule has 0 radical (unpaired) electrons. The number of halogens is 2. The first-order valence-electron chi connectivity index (χ1n) is 6.96. The minimum atomic E-state index is -0.417. The number of hydrogen-bond acceptors (Lipinski definition) is 3. The summed E-state index contributed by atoms with van der Waals surface area (Å²) in [6.07, 6.45) is 2.97. The van der Waals surface area contributed by atoms with Gasteiger partial charge in [0.05, 0.1) is 7.11 Å².